The molecule has 2 atom stereocenters. The van der Waals surface area contributed by atoms with E-state index in [0.717, 1.165) is 0 Å². The van der Waals surface area contributed by atoms with Crippen molar-refractivity contribution in [2.75, 3.05) is 0 Å². The van der Waals surface area contributed by atoms with Gasteiger partial charge in [-0.15, -0.1) is 0 Å². The molecule has 1 rings (SSSR count). The van der Waals surface area contributed by atoms with Crippen LogP contribution < -0.4 is 10.6 Å². The van der Waals surface area contributed by atoms with Gasteiger partial charge in [0.1, 0.15) is 6.04 Å². The van der Waals surface area contributed by atoms with Crippen LogP contribution in [0.5, 0.6) is 11.5 Å². The number of amides is 2. The number of carbonyl (C=O) groups excluding carboxylic acids is 3. The number of hydrogen-bond donors (Lipinski definition) is 4. The van der Waals surface area contributed by atoms with Crippen molar-refractivity contribution in [1.82, 2.24) is 10.6 Å². The molecule has 0 bridgehead atoms. The smallest absolute Gasteiger partial charge is 0.242 e. The Morgan fingerprint density at radius 2 is 1.70 bits per heavy atom. The summed E-state index contributed by atoms with van der Waals surface area (Å²) in [6.07, 6.45) is 0.488. The Hall–Kier alpha value is -2.57. The number of nitrogens with one attached hydrogen (secondary N) is 2. The van der Waals surface area contributed by atoms with Crippen LogP contribution in [0.15, 0.2) is 18.2 Å². The zero-order valence-corrected chi connectivity index (χ0v) is 13.4. The summed E-state index contributed by atoms with van der Waals surface area (Å²) in [5.74, 6) is -1.38. The number of rotatable bonds is 7. The number of carbonyl (C=O) groups is 3. The molecule has 0 aliphatic heterocycles. The monoisotopic (exact) mass is 322 g/mol. The lowest BCUT2D eigenvalue weighted by atomic mass is 10.1. The van der Waals surface area contributed by atoms with Gasteiger partial charge in [0.05, 0.1) is 6.04 Å². The summed E-state index contributed by atoms with van der Waals surface area (Å²) in [6, 6.07) is 2.99. The highest BCUT2D eigenvalue weighted by atomic mass is 16.3. The van der Waals surface area contributed by atoms with Gasteiger partial charge >= 0.3 is 0 Å². The zero-order chi connectivity index (χ0) is 17.6. The summed E-state index contributed by atoms with van der Waals surface area (Å²) in [5.41, 5.74) is 0.692. The van der Waals surface area contributed by atoms with Crippen molar-refractivity contribution in [3.63, 3.8) is 0 Å². The van der Waals surface area contributed by atoms with Gasteiger partial charge < -0.3 is 20.8 Å². The zero-order valence-electron chi connectivity index (χ0n) is 13.4. The second-order valence-electron chi connectivity index (χ2n) is 5.45. The van der Waals surface area contributed by atoms with E-state index in [2.05, 4.69) is 10.6 Å². The van der Waals surface area contributed by atoms with E-state index >= 15 is 0 Å². The van der Waals surface area contributed by atoms with Crippen molar-refractivity contribution in [3.05, 3.63) is 23.8 Å². The van der Waals surface area contributed by atoms with Crippen molar-refractivity contribution in [3.8, 4) is 11.5 Å². The van der Waals surface area contributed by atoms with Gasteiger partial charge in [0, 0.05) is 6.42 Å². The van der Waals surface area contributed by atoms with Gasteiger partial charge in [-0.25, -0.2) is 0 Å². The van der Waals surface area contributed by atoms with Gasteiger partial charge in [0.25, 0.3) is 0 Å². The molecule has 7 heteroatoms. The normalized spacial score (nSPS) is 13.0. The number of hydrogen-bond acceptors (Lipinski definition) is 5. The Morgan fingerprint density at radius 1 is 1.04 bits per heavy atom. The van der Waals surface area contributed by atoms with Gasteiger partial charge in [0.15, 0.2) is 17.3 Å². The number of phenols is 2. The molecule has 7 nitrogen and oxygen atoms in total. The highest BCUT2D eigenvalue weighted by molar-refractivity contribution is 5.91. The summed E-state index contributed by atoms with van der Waals surface area (Å²) in [7, 11) is 0. The van der Waals surface area contributed by atoms with Gasteiger partial charge in [-0.05, 0) is 44.9 Å². The van der Waals surface area contributed by atoms with E-state index in [1.165, 1.54) is 26.0 Å². The van der Waals surface area contributed by atoms with E-state index in [4.69, 9.17) is 0 Å². The van der Waals surface area contributed by atoms with E-state index in [0.29, 0.717) is 12.0 Å². The largest absolute Gasteiger partial charge is 0.504 e. The number of phenolic OH excluding ortho intramolecular Hbond substituents is 2. The highest BCUT2D eigenvalue weighted by Gasteiger charge is 2.18. The highest BCUT2D eigenvalue weighted by Crippen LogP contribution is 2.25. The van der Waals surface area contributed by atoms with Gasteiger partial charge in [0.2, 0.25) is 11.8 Å². The topological polar surface area (TPSA) is 116 Å². The minimum absolute atomic E-state index is 0.129. The summed E-state index contributed by atoms with van der Waals surface area (Å²) in [5, 5.41) is 23.6. The molecule has 4 N–H and O–H groups in total. The Kier molecular flexibility index (Phi) is 6.56. The van der Waals surface area contributed by atoms with E-state index in [1.54, 1.807) is 13.0 Å². The van der Waals surface area contributed by atoms with E-state index in [9.17, 15) is 24.6 Å². The molecule has 0 fully saturated rings. The molecule has 0 spiro atoms. The molecular formula is C16H22N2O5. The fourth-order valence-corrected chi connectivity index (χ4v) is 1.80. The Balaban J connectivity index is 2.44. The molecule has 2 amide bonds. The first-order valence-corrected chi connectivity index (χ1v) is 7.31. The minimum atomic E-state index is -0.752. The Labute approximate surface area is 134 Å². The second kappa shape index (κ2) is 8.17. The van der Waals surface area contributed by atoms with Crippen LogP contribution in [0.4, 0.5) is 0 Å². The van der Waals surface area contributed by atoms with Crippen LogP contribution >= 0.6 is 0 Å². The summed E-state index contributed by atoms with van der Waals surface area (Å²) < 4.78 is 0. The van der Waals surface area contributed by atoms with E-state index < -0.39 is 18.0 Å². The lowest BCUT2D eigenvalue weighted by Gasteiger charge is -2.17. The molecule has 0 aromatic heterocycles. The lowest BCUT2D eigenvalue weighted by molar-refractivity contribution is -0.130. The molecule has 0 aliphatic rings. The maximum absolute atomic E-state index is 11.8. The minimum Gasteiger partial charge on any atom is -0.504 e. The summed E-state index contributed by atoms with van der Waals surface area (Å²) >= 11 is 0. The third-order valence-corrected chi connectivity index (χ3v) is 3.42. The van der Waals surface area contributed by atoms with Crippen LogP contribution in [0, 0.1) is 0 Å². The predicted octanol–water partition coefficient (Wildman–Crippen LogP) is 0.629. The molecule has 23 heavy (non-hydrogen) atoms. The number of benzene rings is 1. The van der Waals surface area contributed by atoms with E-state index in [-0.39, 0.29) is 29.6 Å². The Morgan fingerprint density at radius 3 is 2.26 bits per heavy atom. The lowest BCUT2D eigenvalue weighted by Crippen LogP contribution is -2.49. The molecule has 1 aromatic carbocycles. The molecule has 0 heterocycles. The molecule has 0 saturated heterocycles. The molecule has 0 aliphatic carbocycles. The quantitative estimate of drug-likeness (QED) is 0.550. The van der Waals surface area contributed by atoms with Gasteiger partial charge in [-0.1, -0.05) is 6.07 Å². The molecule has 2 unspecified atom stereocenters. The first-order chi connectivity index (χ1) is 10.7. The van der Waals surface area contributed by atoms with Crippen LogP contribution in [-0.2, 0) is 20.8 Å². The number of aromatic hydroxyl groups is 2. The fourth-order valence-electron chi connectivity index (χ4n) is 1.80. The van der Waals surface area contributed by atoms with Crippen molar-refractivity contribution in [2.45, 2.75) is 45.7 Å². The summed E-state index contributed by atoms with van der Waals surface area (Å²) in [6.45, 7) is 4.49. The number of ketones is 1. The molecule has 126 valence electrons. The van der Waals surface area contributed by atoms with Crippen LogP contribution in [0.3, 0.4) is 0 Å². The van der Waals surface area contributed by atoms with Crippen LogP contribution in [0.1, 0.15) is 32.8 Å². The summed E-state index contributed by atoms with van der Waals surface area (Å²) in [4.78, 5) is 34.7. The van der Waals surface area contributed by atoms with Crippen LogP contribution in [0.2, 0.25) is 0 Å². The molecule has 0 radical (unpaired) electrons. The SMILES string of the molecule is CC(=O)C(C)NC(=O)C(C)NC(=O)CCc1ccc(O)c(O)c1. The standard InChI is InChI=1S/C16H22N2O5/c1-9(11(3)19)18-16(23)10(2)17-15(22)7-5-12-4-6-13(20)14(21)8-12/h4,6,8-10,20-21H,5,7H2,1-3H3,(H,17,22)(H,18,23). The van der Waals surface area contributed by atoms with Gasteiger partial charge in [-0.3, -0.25) is 14.4 Å². The molecular weight excluding hydrogens is 300 g/mol. The molecule has 0 saturated carbocycles. The van der Waals surface area contributed by atoms with Crippen LogP contribution in [0.25, 0.3) is 0 Å². The second-order valence-corrected chi connectivity index (χ2v) is 5.45. The Bertz CT molecular complexity index is 600. The average molecular weight is 322 g/mol. The van der Waals surface area contributed by atoms with Crippen LogP contribution in [-0.4, -0.2) is 39.9 Å². The maximum atomic E-state index is 11.8. The number of Topliss-reactive ketones (excluding diaryl/α,β-unsaturated/α-hetero) is 1. The van der Waals surface area contributed by atoms with Crippen molar-refractivity contribution >= 4 is 17.6 Å². The molecule has 1 aromatic rings. The van der Waals surface area contributed by atoms with E-state index in [1.807, 2.05) is 0 Å². The number of aryl methyl sites for hydroxylation is 1. The first kappa shape index (κ1) is 18.5. The predicted molar refractivity (Wildman–Crippen MR) is 84.0 cm³/mol. The van der Waals surface area contributed by atoms with Crippen molar-refractivity contribution in [1.29, 1.82) is 0 Å². The van der Waals surface area contributed by atoms with Gasteiger partial charge in [-0.2, -0.15) is 0 Å². The first-order valence-electron chi connectivity index (χ1n) is 7.31. The fraction of sp³-hybridized carbons (Fsp3) is 0.438. The average Bonchev–Trinajstić information content (AvgIpc) is 2.48. The van der Waals surface area contributed by atoms with Crippen molar-refractivity contribution in [2.24, 2.45) is 0 Å². The maximum Gasteiger partial charge on any atom is 0.242 e. The third kappa shape index (κ3) is 5.98. The third-order valence-electron chi connectivity index (χ3n) is 3.42. The van der Waals surface area contributed by atoms with Crippen molar-refractivity contribution < 1.29 is 24.6 Å².